The monoisotopic (exact) mass is 703 g/mol. The van der Waals surface area contributed by atoms with E-state index < -0.39 is 27.7 Å². The lowest BCUT2D eigenvalue weighted by molar-refractivity contribution is -0.117. The third-order valence-corrected chi connectivity index (χ3v) is 11.9. The Kier molecular flexibility index (Phi) is 8.93. The van der Waals surface area contributed by atoms with Crippen molar-refractivity contribution in [2.75, 3.05) is 17.6 Å². The largest absolute Gasteiger partial charge is 0.436 e. The lowest BCUT2D eigenvalue weighted by atomic mass is 9.66. The number of carbonyl (C=O) groups excluding carboxylic acids is 2. The lowest BCUT2D eigenvalue weighted by Gasteiger charge is -2.37. The minimum Gasteiger partial charge on any atom is -0.436 e. The Labute approximate surface area is 297 Å². The summed E-state index contributed by atoms with van der Waals surface area (Å²) >= 11 is 0. The fourth-order valence-corrected chi connectivity index (χ4v) is 8.07. The highest BCUT2D eigenvalue weighted by Crippen LogP contribution is 2.67. The van der Waals surface area contributed by atoms with E-state index in [1.807, 2.05) is 48.5 Å². The average molecular weight is 704 g/mol. The predicted molar refractivity (Wildman–Crippen MR) is 199 cm³/mol. The summed E-state index contributed by atoms with van der Waals surface area (Å²) in [6.07, 6.45) is 5.22. The molecule has 3 atom stereocenters. The standard InChI is InChI=1S/C41H41N3O6S/c1-40(2)31-20-21-41(40,3)34(25-31)28-14-12-27(13-15-28)33(24-26-8-10-29(11-9-26)37(45)42-22-23-51(47,48)49)38(46)43-32-18-16-30(17-19-32)39-44-35-6-4-5-7-36(35)50-39/h4-19,25,31,33H,20-24H2,1-3H3,(H,42,45)(H,43,46)(H,47,48,49)/t31-,33-,41-/m1/s1. The number of carbonyl (C=O) groups is 2. The molecule has 2 amide bonds. The molecule has 2 aliphatic rings. The zero-order chi connectivity index (χ0) is 36.0. The molecule has 0 unspecified atom stereocenters. The molecule has 0 radical (unpaired) electrons. The van der Waals surface area contributed by atoms with Crippen LogP contribution in [-0.4, -0.2) is 42.1 Å². The van der Waals surface area contributed by atoms with Gasteiger partial charge in [0.2, 0.25) is 11.8 Å². The van der Waals surface area contributed by atoms with Gasteiger partial charge in [0.15, 0.2) is 5.58 Å². The van der Waals surface area contributed by atoms with Crippen molar-refractivity contribution in [3.05, 3.63) is 125 Å². The van der Waals surface area contributed by atoms with E-state index in [0.29, 0.717) is 35.1 Å². The van der Waals surface area contributed by atoms with Crippen molar-refractivity contribution in [2.45, 2.75) is 46.0 Å². The maximum Gasteiger partial charge on any atom is 0.266 e. The molecular formula is C41H41N3O6S. The molecule has 5 aromatic rings. The third kappa shape index (κ3) is 6.86. The summed E-state index contributed by atoms with van der Waals surface area (Å²) in [5.41, 5.74) is 7.89. The zero-order valence-corrected chi connectivity index (χ0v) is 29.7. The summed E-state index contributed by atoms with van der Waals surface area (Å²) in [6, 6.07) is 30.3. The Morgan fingerprint density at radius 2 is 1.61 bits per heavy atom. The first kappa shape index (κ1) is 34.4. The zero-order valence-electron chi connectivity index (χ0n) is 28.8. The van der Waals surface area contributed by atoms with Crippen LogP contribution in [0.3, 0.4) is 0 Å². The molecule has 51 heavy (non-hydrogen) atoms. The molecule has 2 bridgehead atoms. The minimum absolute atomic E-state index is 0.112. The summed E-state index contributed by atoms with van der Waals surface area (Å²) in [5, 5.41) is 5.60. The summed E-state index contributed by atoms with van der Waals surface area (Å²) in [7, 11) is -4.18. The first-order valence-corrected chi connectivity index (χ1v) is 18.8. The minimum atomic E-state index is -4.18. The van der Waals surface area contributed by atoms with Crippen LogP contribution in [0.2, 0.25) is 0 Å². The predicted octanol–water partition coefficient (Wildman–Crippen LogP) is 7.92. The first-order valence-electron chi connectivity index (χ1n) is 17.2. The molecule has 262 valence electrons. The number of aromatic nitrogens is 1. The molecule has 1 fully saturated rings. The van der Waals surface area contributed by atoms with Gasteiger partial charge < -0.3 is 15.1 Å². The number of amides is 2. The van der Waals surface area contributed by atoms with Gasteiger partial charge in [0.05, 0.1) is 11.7 Å². The van der Waals surface area contributed by atoms with Gasteiger partial charge in [-0.15, -0.1) is 0 Å². The molecule has 4 aromatic carbocycles. The van der Waals surface area contributed by atoms with Crippen LogP contribution >= 0.6 is 0 Å². The van der Waals surface area contributed by atoms with Crippen LogP contribution in [0, 0.1) is 16.7 Å². The summed E-state index contributed by atoms with van der Waals surface area (Å²) in [4.78, 5) is 31.2. The van der Waals surface area contributed by atoms with Crippen molar-refractivity contribution < 1.29 is 27.0 Å². The van der Waals surface area contributed by atoms with Gasteiger partial charge in [-0.1, -0.05) is 75.4 Å². The van der Waals surface area contributed by atoms with Crippen molar-refractivity contribution in [1.29, 1.82) is 0 Å². The molecule has 3 N–H and O–H groups in total. The molecule has 1 heterocycles. The van der Waals surface area contributed by atoms with Gasteiger partial charge in [0, 0.05) is 23.4 Å². The highest BCUT2D eigenvalue weighted by molar-refractivity contribution is 7.85. The van der Waals surface area contributed by atoms with Crippen LogP contribution in [0.5, 0.6) is 0 Å². The van der Waals surface area contributed by atoms with E-state index in [9.17, 15) is 18.0 Å². The Morgan fingerprint density at radius 1 is 0.922 bits per heavy atom. The van der Waals surface area contributed by atoms with E-state index in [4.69, 9.17) is 8.97 Å². The van der Waals surface area contributed by atoms with Crippen LogP contribution in [0.1, 0.15) is 66.6 Å². The first-order chi connectivity index (χ1) is 24.3. The van der Waals surface area contributed by atoms with Crippen molar-refractivity contribution >= 4 is 44.3 Å². The van der Waals surface area contributed by atoms with Gasteiger partial charge in [0.25, 0.3) is 16.0 Å². The number of oxazole rings is 1. The van der Waals surface area contributed by atoms with E-state index >= 15 is 0 Å². The number of nitrogens with one attached hydrogen (secondary N) is 2. The Bertz CT molecular complexity index is 2210. The van der Waals surface area contributed by atoms with Crippen molar-refractivity contribution in [1.82, 2.24) is 10.3 Å². The molecule has 0 saturated heterocycles. The highest BCUT2D eigenvalue weighted by atomic mass is 32.2. The quantitative estimate of drug-likeness (QED) is 0.119. The molecule has 7 rings (SSSR count). The fraction of sp³-hybridized carbons (Fsp3) is 0.293. The van der Waals surface area contributed by atoms with Crippen LogP contribution in [-0.2, 0) is 21.3 Å². The van der Waals surface area contributed by atoms with Gasteiger partial charge in [0.1, 0.15) is 5.52 Å². The van der Waals surface area contributed by atoms with Gasteiger partial charge >= 0.3 is 0 Å². The number of anilines is 1. The normalized spacial score (nSPS) is 19.8. The number of para-hydroxylation sites is 2. The van der Waals surface area contributed by atoms with Crippen LogP contribution in [0.25, 0.3) is 28.1 Å². The third-order valence-electron chi connectivity index (χ3n) is 11.2. The van der Waals surface area contributed by atoms with E-state index in [-0.39, 0.29) is 23.3 Å². The molecular weight excluding hydrogens is 663 g/mol. The summed E-state index contributed by atoms with van der Waals surface area (Å²) in [6.45, 7) is 6.92. The summed E-state index contributed by atoms with van der Waals surface area (Å²) < 4.78 is 36.9. The van der Waals surface area contributed by atoms with E-state index in [0.717, 1.165) is 22.2 Å². The number of fused-ring (bicyclic) bond motifs is 3. The van der Waals surface area contributed by atoms with Gasteiger partial charge in [-0.05, 0) is 107 Å². The second-order valence-corrected chi connectivity index (χ2v) is 16.0. The number of hydrogen-bond acceptors (Lipinski definition) is 6. The molecule has 0 spiro atoms. The molecule has 10 heteroatoms. The summed E-state index contributed by atoms with van der Waals surface area (Å²) in [5.74, 6) is -0.658. The van der Waals surface area contributed by atoms with E-state index in [1.54, 1.807) is 24.3 Å². The molecule has 1 saturated carbocycles. The molecule has 9 nitrogen and oxygen atoms in total. The number of nitrogens with zero attached hydrogens (tertiary/aromatic N) is 1. The Morgan fingerprint density at radius 3 is 2.24 bits per heavy atom. The molecule has 2 aliphatic carbocycles. The van der Waals surface area contributed by atoms with Crippen LogP contribution in [0.15, 0.2) is 108 Å². The van der Waals surface area contributed by atoms with Crippen LogP contribution < -0.4 is 10.6 Å². The van der Waals surface area contributed by atoms with Gasteiger partial charge in [-0.3, -0.25) is 14.1 Å². The van der Waals surface area contributed by atoms with Crippen LogP contribution in [0.4, 0.5) is 5.69 Å². The number of hydrogen-bond donors (Lipinski definition) is 3. The smallest absolute Gasteiger partial charge is 0.266 e. The van der Waals surface area contributed by atoms with Crippen molar-refractivity contribution in [3.63, 3.8) is 0 Å². The van der Waals surface area contributed by atoms with Crippen molar-refractivity contribution in [2.24, 2.45) is 16.7 Å². The number of benzene rings is 4. The molecule has 1 aromatic heterocycles. The van der Waals surface area contributed by atoms with Gasteiger partial charge in [-0.2, -0.15) is 8.42 Å². The highest BCUT2D eigenvalue weighted by Gasteiger charge is 2.57. The second kappa shape index (κ2) is 13.2. The SMILES string of the molecule is CC1(C)[C@H]2C=C(c3ccc([C@@H](Cc4ccc(C(=O)NCCS(=O)(=O)O)cc4)C(=O)Nc4ccc(-c5nc6ccccc6o5)cc4)cc3)[C@@]1(C)CC2. The maximum atomic E-state index is 14.1. The topological polar surface area (TPSA) is 139 Å². The Hall–Kier alpha value is -5.06. The maximum absolute atomic E-state index is 14.1. The number of allylic oxidation sites excluding steroid dienone is 2. The number of rotatable bonds is 11. The average Bonchev–Trinajstić information content (AvgIpc) is 3.70. The fourth-order valence-electron chi connectivity index (χ4n) is 7.71. The van der Waals surface area contributed by atoms with E-state index in [1.165, 1.54) is 24.0 Å². The molecule has 0 aliphatic heterocycles. The second-order valence-electron chi connectivity index (χ2n) is 14.5. The van der Waals surface area contributed by atoms with Crippen molar-refractivity contribution in [3.8, 4) is 11.5 Å². The Balaban J connectivity index is 1.11. The van der Waals surface area contributed by atoms with Gasteiger partial charge in [-0.25, -0.2) is 4.98 Å². The lowest BCUT2D eigenvalue weighted by Crippen LogP contribution is -2.29. The van der Waals surface area contributed by atoms with E-state index in [2.05, 4.69) is 66.7 Å².